The van der Waals surface area contributed by atoms with Gasteiger partial charge in [0.15, 0.2) is 0 Å². The molecule has 2 saturated heterocycles. The Hall–Kier alpha value is -1.52. The fraction of sp³-hybridized carbons (Fsp3) is 0.778. The van der Waals surface area contributed by atoms with Gasteiger partial charge in [-0.2, -0.15) is 0 Å². The smallest absolute Gasteiger partial charge is 0.410 e. The normalized spacial score (nSPS) is 27.6. The average Bonchev–Trinajstić information content (AvgIpc) is 2.83. The van der Waals surface area contributed by atoms with Crippen LogP contribution in [0, 0.1) is 17.8 Å². The highest BCUT2D eigenvalue weighted by Gasteiger charge is 2.39. The summed E-state index contributed by atoms with van der Waals surface area (Å²) in [6.45, 7) is 8.71. The van der Waals surface area contributed by atoms with E-state index in [1.807, 2.05) is 25.7 Å². The van der Waals surface area contributed by atoms with Gasteiger partial charge in [0.05, 0.1) is 0 Å². The molecule has 3 aliphatic rings. The van der Waals surface area contributed by atoms with Crippen molar-refractivity contribution in [3.05, 3.63) is 12.2 Å². The summed E-state index contributed by atoms with van der Waals surface area (Å²) in [5, 5.41) is 0. The molecule has 5 nitrogen and oxygen atoms in total. The minimum atomic E-state index is -0.460. The van der Waals surface area contributed by atoms with Gasteiger partial charge < -0.3 is 14.5 Å². The number of carbonyl (C=O) groups excluding carboxylic acids is 2. The van der Waals surface area contributed by atoms with E-state index in [2.05, 4.69) is 12.2 Å². The molecule has 0 aromatic carbocycles. The molecular formula is C18H28N2O3. The van der Waals surface area contributed by atoms with E-state index in [4.69, 9.17) is 4.74 Å². The van der Waals surface area contributed by atoms with Crippen molar-refractivity contribution < 1.29 is 14.3 Å². The van der Waals surface area contributed by atoms with Gasteiger partial charge in [0, 0.05) is 38.5 Å². The first kappa shape index (κ1) is 16.3. The Morgan fingerprint density at radius 2 is 1.57 bits per heavy atom. The second-order valence-electron chi connectivity index (χ2n) is 8.22. The number of fused-ring (bicyclic) bond motifs is 1. The number of nitrogens with zero attached hydrogens (tertiary/aromatic N) is 2. The molecule has 5 heteroatoms. The number of hydrogen-bond donors (Lipinski definition) is 0. The van der Waals surface area contributed by atoms with Crippen molar-refractivity contribution in [1.29, 1.82) is 0 Å². The first-order chi connectivity index (χ1) is 10.8. The summed E-state index contributed by atoms with van der Waals surface area (Å²) in [5.41, 5.74) is -0.460. The lowest BCUT2D eigenvalue weighted by atomic mass is 9.86. The largest absolute Gasteiger partial charge is 0.444 e. The lowest BCUT2D eigenvalue weighted by Gasteiger charge is -2.40. The van der Waals surface area contributed by atoms with Crippen LogP contribution in [0.15, 0.2) is 12.2 Å². The van der Waals surface area contributed by atoms with Crippen molar-refractivity contribution in [3.8, 4) is 0 Å². The Balaban J connectivity index is 1.40. The maximum atomic E-state index is 12.5. The minimum Gasteiger partial charge on any atom is -0.444 e. The summed E-state index contributed by atoms with van der Waals surface area (Å²) in [7, 11) is 0. The quantitative estimate of drug-likeness (QED) is 0.735. The molecule has 23 heavy (non-hydrogen) atoms. The Morgan fingerprint density at radius 3 is 2.09 bits per heavy atom. The minimum absolute atomic E-state index is 0.258. The Bertz CT molecular complexity index is 487. The van der Waals surface area contributed by atoms with Crippen LogP contribution in [0.4, 0.5) is 4.79 Å². The molecule has 2 amide bonds. The Morgan fingerprint density at radius 1 is 1.00 bits per heavy atom. The standard InChI is InChI=1S/C18H28N2O3/c1-18(2,3)23-17(22)20-9-13(10-20)8-16(21)19-11-14-6-4-5-7-15(14)12-19/h4-5,13-15H,6-12H2,1-3H3/t14-,15-/m0/s1. The molecule has 0 bridgehead atoms. The van der Waals surface area contributed by atoms with Gasteiger partial charge in [-0.15, -0.1) is 0 Å². The van der Waals surface area contributed by atoms with E-state index < -0.39 is 5.60 Å². The zero-order valence-electron chi connectivity index (χ0n) is 14.5. The van der Waals surface area contributed by atoms with Crippen molar-refractivity contribution in [2.75, 3.05) is 26.2 Å². The van der Waals surface area contributed by atoms with Gasteiger partial charge in [0.1, 0.15) is 5.60 Å². The van der Waals surface area contributed by atoms with Crippen molar-refractivity contribution in [1.82, 2.24) is 9.80 Å². The van der Waals surface area contributed by atoms with E-state index >= 15 is 0 Å². The van der Waals surface area contributed by atoms with Crippen molar-refractivity contribution >= 4 is 12.0 Å². The van der Waals surface area contributed by atoms with E-state index in [1.165, 1.54) is 0 Å². The van der Waals surface area contributed by atoms with Crippen LogP contribution in [0.25, 0.3) is 0 Å². The predicted molar refractivity (Wildman–Crippen MR) is 87.8 cm³/mol. The molecule has 1 aliphatic carbocycles. The van der Waals surface area contributed by atoms with Crippen molar-refractivity contribution in [3.63, 3.8) is 0 Å². The molecular weight excluding hydrogens is 292 g/mol. The third kappa shape index (κ3) is 3.88. The zero-order chi connectivity index (χ0) is 16.6. The average molecular weight is 320 g/mol. The van der Waals surface area contributed by atoms with E-state index in [9.17, 15) is 9.59 Å². The molecule has 0 radical (unpaired) electrons. The SMILES string of the molecule is CC(C)(C)OC(=O)N1CC(CC(=O)N2C[C@@H]3CC=CC[C@H]3C2)C1. The molecule has 3 rings (SSSR count). The van der Waals surface area contributed by atoms with Gasteiger partial charge >= 0.3 is 6.09 Å². The number of likely N-dealkylation sites (tertiary alicyclic amines) is 2. The number of carbonyl (C=O) groups is 2. The van der Waals surface area contributed by atoms with Gasteiger partial charge in [-0.3, -0.25) is 4.79 Å². The lowest BCUT2D eigenvalue weighted by Crippen LogP contribution is -2.52. The molecule has 0 aromatic heterocycles. The molecule has 0 aromatic rings. The maximum Gasteiger partial charge on any atom is 0.410 e. The Labute approximate surface area is 138 Å². The van der Waals surface area contributed by atoms with Crippen molar-refractivity contribution in [2.45, 2.75) is 45.6 Å². The fourth-order valence-corrected chi connectivity index (χ4v) is 3.77. The molecule has 0 unspecified atom stereocenters. The van der Waals surface area contributed by atoms with Crippen LogP contribution < -0.4 is 0 Å². The third-order valence-corrected chi connectivity index (χ3v) is 5.05. The van der Waals surface area contributed by atoms with E-state index in [0.29, 0.717) is 31.3 Å². The van der Waals surface area contributed by atoms with Gasteiger partial charge in [-0.25, -0.2) is 4.79 Å². The van der Waals surface area contributed by atoms with E-state index in [0.717, 1.165) is 25.9 Å². The monoisotopic (exact) mass is 320 g/mol. The van der Waals surface area contributed by atoms with Crippen LogP contribution in [0.1, 0.15) is 40.0 Å². The van der Waals surface area contributed by atoms with Crippen molar-refractivity contribution in [2.24, 2.45) is 17.8 Å². The zero-order valence-corrected chi connectivity index (χ0v) is 14.5. The van der Waals surface area contributed by atoms with E-state index in [1.54, 1.807) is 4.90 Å². The molecule has 0 N–H and O–H groups in total. The number of amides is 2. The van der Waals surface area contributed by atoms with E-state index in [-0.39, 0.29) is 17.9 Å². The first-order valence-corrected chi connectivity index (χ1v) is 8.72. The number of ether oxygens (including phenoxy) is 1. The number of hydrogen-bond acceptors (Lipinski definition) is 3. The fourth-order valence-electron chi connectivity index (χ4n) is 3.77. The molecule has 2 aliphatic heterocycles. The van der Waals surface area contributed by atoms with Gasteiger partial charge in [-0.05, 0) is 45.4 Å². The van der Waals surface area contributed by atoms with Crippen LogP contribution in [0.2, 0.25) is 0 Å². The van der Waals surface area contributed by atoms with Crippen LogP contribution in [0.5, 0.6) is 0 Å². The van der Waals surface area contributed by atoms with Crippen LogP contribution in [-0.4, -0.2) is 53.6 Å². The van der Waals surface area contributed by atoms with Crippen LogP contribution in [-0.2, 0) is 9.53 Å². The molecule has 128 valence electrons. The summed E-state index contributed by atoms with van der Waals surface area (Å²) in [5.74, 6) is 1.86. The van der Waals surface area contributed by atoms with Gasteiger partial charge in [0.25, 0.3) is 0 Å². The maximum absolute atomic E-state index is 12.5. The van der Waals surface area contributed by atoms with Gasteiger partial charge in [0.2, 0.25) is 5.91 Å². The number of allylic oxidation sites excluding steroid dienone is 2. The number of rotatable bonds is 2. The first-order valence-electron chi connectivity index (χ1n) is 8.72. The molecule has 0 saturated carbocycles. The highest BCUT2D eigenvalue weighted by atomic mass is 16.6. The summed E-state index contributed by atoms with van der Waals surface area (Å²) in [6.07, 6.45) is 7.03. The Kier molecular flexibility index (Phi) is 4.39. The lowest BCUT2D eigenvalue weighted by molar-refractivity contribution is -0.132. The summed E-state index contributed by atoms with van der Waals surface area (Å²) >= 11 is 0. The predicted octanol–water partition coefficient (Wildman–Crippen LogP) is 2.67. The van der Waals surface area contributed by atoms with Crippen LogP contribution >= 0.6 is 0 Å². The molecule has 2 fully saturated rings. The second kappa shape index (κ2) is 6.17. The highest BCUT2D eigenvalue weighted by Crippen LogP contribution is 2.33. The molecule has 2 heterocycles. The molecule has 0 spiro atoms. The van der Waals surface area contributed by atoms with Crippen LogP contribution in [0.3, 0.4) is 0 Å². The van der Waals surface area contributed by atoms with Gasteiger partial charge in [-0.1, -0.05) is 12.2 Å². The molecule has 2 atom stereocenters. The third-order valence-electron chi connectivity index (χ3n) is 5.05. The second-order valence-corrected chi connectivity index (χ2v) is 8.22. The summed E-state index contributed by atoms with van der Waals surface area (Å²) < 4.78 is 5.34. The highest BCUT2D eigenvalue weighted by molar-refractivity contribution is 5.77. The summed E-state index contributed by atoms with van der Waals surface area (Å²) in [6, 6.07) is 0. The topological polar surface area (TPSA) is 49.9 Å². The summed E-state index contributed by atoms with van der Waals surface area (Å²) in [4.78, 5) is 28.1.